The van der Waals surface area contributed by atoms with Gasteiger partial charge in [-0.2, -0.15) is 0 Å². The van der Waals surface area contributed by atoms with Gasteiger partial charge in [-0.25, -0.2) is 0 Å². The molecule has 2 fully saturated rings. The number of amides is 2. The third kappa shape index (κ3) is 4.00. The summed E-state index contributed by atoms with van der Waals surface area (Å²) in [5.74, 6) is -0.0927. The van der Waals surface area contributed by atoms with Crippen LogP contribution in [-0.4, -0.2) is 59.7 Å². The number of carbonyl (C=O) groups is 2. The number of anilines is 1. The predicted molar refractivity (Wildman–Crippen MR) is 105 cm³/mol. The van der Waals surface area contributed by atoms with Gasteiger partial charge in [0, 0.05) is 37.2 Å². The van der Waals surface area contributed by atoms with E-state index < -0.39 is 12.1 Å². The molecular formula is C21H29N3O4. The summed E-state index contributed by atoms with van der Waals surface area (Å²) in [5.41, 5.74) is 3.17. The number of ether oxygens (including phenoxy) is 1. The van der Waals surface area contributed by atoms with Crippen LogP contribution in [0, 0.1) is 0 Å². The lowest BCUT2D eigenvalue weighted by Gasteiger charge is -2.40. The molecule has 4 atom stereocenters. The minimum absolute atomic E-state index is 0.00321. The lowest BCUT2D eigenvalue weighted by molar-refractivity contribution is -0.135. The summed E-state index contributed by atoms with van der Waals surface area (Å²) < 4.78 is 5.78. The number of likely N-dealkylation sites (tertiary alicyclic amines) is 1. The molecule has 3 aliphatic heterocycles. The summed E-state index contributed by atoms with van der Waals surface area (Å²) in [5, 5.41) is 16.2. The Hall–Kier alpha value is -2.12. The van der Waals surface area contributed by atoms with Crippen molar-refractivity contribution in [2.24, 2.45) is 0 Å². The summed E-state index contributed by atoms with van der Waals surface area (Å²) in [6.45, 7) is 3.69. The van der Waals surface area contributed by atoms with E-state index in [9.17, 15) is 14.7 Å². The van der Waals surface area contributed by atoms with Crippen LogP contribution in [0.25, 0.3) is 0 Å². The van der Waals surface area contributed by atoms with Crippen LogP contribution < -0.4 is 10.6 Å². The van der Waals surface area contributed by atoms with E-state index >= 15 is 0 Å². The number of aliphatic hydroxyl groups is 1. The van der Waals surface area contributed by atoms with Crippen molar-refractivity contribution in [1.29, 1.82) is 0 Å². The molecule has 2 bridgehead atoms. The van der Waals surface area contributed by atoms with Gasteiger partial charge < -0.3 is 25.4 Å². The van der Waals surface area contributed by atoms with Crippen molar-refractivity contribution in [2.75, 3.05) is 25.0 Å². The second kappa shape index (κ2) is 8.09. The number of benzene rings is 1. The average Bonchev–Trinajstić information content (AvgIpc) is 3.23. The third-order valence-electron chi connectivity index (χ3n) is 6.01. The van der Waals surface area contributed by atoms with Gasteiger partial charge in [-0.15, -0.1) is 0 Å². The fourth-order valence-corrected chi connectivity index (χ4v) is 4.37. The van der Waals surface area contributed by atoms with Gasteiger partial charge in [0.25, 0.3) is 0 Å². The molecule has 0 radical (unpaired) electrons. The highest BCUT2D eigenvalue weighted by atomic mass is 16.5. The van der Waals surface area contributed by atoms with Crippen molar-refractivity contribution < 1.29 is 19.4 Å². The number of hydrogen-bond donors (Lipinski definition) is 3. The number of rotatable bonds is 5. The molecule has 7 heteroatoms. The van der Waals surface area contributed by atoms with Crippen LogP contribution in [0.5, 0.6) is 0 Å². The maximum Gasteiger partial charge on any atom is 0.244 e. The Morgan fingerprint density at radius 2 is 2.14 bits per heavy atom. The fourth-order valence-electron chi connectivity index (χ4n) is 4.37. The Balaban J connectivity index is 1.31. The van der Waals surface area contributed by atoms with Crippen molar-refractivity contribution >= 4 is 17.5 Å². The first-order valence-corrected chi connectivity index (χ1v) is 10.3. The van der Waals surface area contributed by atoms with Crippen molar-refractivity contribution in [2.45, 2.75) is 63.3 Å². The van der Waals surface area contributed by atoms with Crippen LogP contribution in [-0.2, 0) is 20.7 Å². The molecule has 28 heavy (non-hydrogen) atoms. The first kappa shape index (κ1) is 19.2. The Kier molecular flexibility index (Phi) is 5.55. The zero-order valence-electron chi connectivity index (χ0n) is 16.3. The number of fused-ring (bicyclic) bond motifs is 4. The van der Waals surface area contributed by atoms with E-state index in [1.165, 1.54) is 0 Å². The molecule has 0 aliphatic carbocycles. The molecule has 3 N–H and O–H groups in total. The number of aliphatic hydroxyl groups excluding tert-OH is 1. The number of aryl methyl sites for hydroxylation is 1. The van der Waals surface area contributed by atoms with Gasteiger partial charge in [-0.3, -0.25) is 9.59 Å². The van der Waals surface area contributed by atoms with Gasteiger partial charge in [0.05, 0.1) is 24.9 Å². The molecule has 1 aromatic carbocycles. The molecule has 2 amide bonds. The highest BCUT2D eigenvalue weighted by Gasteiger charge is 2.36. The largest absolute Gasteiger partial charge is 0.389 e. The van der Waals surface area contributed by atoms with Gasteiger partial charge in [0.1, 0.15) is 6.04 Å². The van der Waals surface area contributed by atoms with Crippen molar-refractivity contribution in [3.05, 3.63) is 29.3 Å². The fraction of sp³-hybridized carbons (Fsp3) is 0.619. The van der Waals surface area contributed by atoms with E-state index in [0.29, 0.717) is 19.4 Å². The maximum atomic E-state index is 12.3. The number of nitrogens with zero attached hydrogens (tertiary/aromatic N) is 1. The molecule has 3 heterocycles. The molecule has 3 aliphatic rings. The first-order valence-electron chi connectivity index (χ1n) is 10.3. The topological polar surface area (TPSA) is 90.9 Å². The number of carbonyl (C=O) groups excluding carboxylic acids is 2. The molecule has 152 valence electrons. The van der Waals surface area contributed by atoms with Crippen molar-refractivity contribution in [3.63, 3.8) is 0 Å². The molecule has 4 rings (SSSR count). The van der Waals surface area contributed by atoms with Gasteiger partial charge in [-0.1, -0.05) is 12.1 Å². The van der Waals surface area contributed by atoms with Crippen LogP contribution in [0.3, 0.4) is 0 Å². The summed E-state index contributed by atoms with van der Waals surface area (Å²) in [6.07, 6.45) is 3.33. The van der Waals surface area contributed by atoms with E-state index in [1.54, 1.807) is 6.92 Å². The second-order valence-corrected chi connectivity index (χ2v) is 8.12. The molecule has 0 unspecified atom stereocenters. The zero-order chi connectivity index (χ0) is 19.7. The second-order valence-electron chi connectivity index (χ2n) is 8.12. The minimum atomic E-state index is -0.475. The van der Waals surface area contributed by atoms with Crippen LogP contribution in [0.2, 0.25) is 0 Å². The van der Waals surface area contributed by atoms with Crippen molar-refractivity contribution in [3.8, 4) is 0 Å². The summed E-state index contributed by atoms with van der Waals surface area (Å²) in [4.78, 5) is 26.4. The van der Waals surface area contributed by atoms with Crippen LogP contribution in [0.4, 0.5) is 5.69 Å². The summed E-state index contributed by atoms with van der Waals surface area (Å²) in [6, 6.07) is 5.66. The Bertz CT molecular complexity index is 747. The normalized spacial score (nSPS) is 26.9. The van der Waals surface area contributed by atoms with Gasteiger partial charge in [-0.05, 0) is 37.8 Å². The van der Waals surface area contributed by atoms with Crippen LogP contribution >= 0.6 is 0 Å². The third-order valence-corrected chi connectivity index (χ3v) is 6.01. The Morgan fingerprint density at radius 3 is 2.93 bits per heavy atom. The van der Waals surface area contributed by atoms with Gasteiger partial charge in [0.2, 0.25) is 11.8 Å². The molecule has 7 nitrogen and oxygen atoms in total. The number of hydrogen-bond acceptors (Lipinski definition) is 5. The van der Waals surface area contributed by atoms with Gasteiger partial charge >= 0.3 is 0 Å². The molecule has 0 saturated carbocycles. The van der Waals surface area contributed by atoms with Crippen molar-refractivity contribution in [1.82, 2.24) is 10.2 Å². The summed E-state index contributed by atoms with van der Waals surface area (Å²) >= 11 is 0. The zero-order valence-corrected chi connectivity index (χ0v) is 16.3. The lowest BCUT2D eigenvalue weighted by atomic mass is 9.88. The maximum absolute atomic E-state index is 12.3. The van der Waals surface area contributed by atoms with E-state index in [0.717, 1.165) is 49.2 Å². The molecular weight excluding hydrogens is 358 g/mol. The predicted octanol–water partition coefficient (Wildman–Crippen LogP) is 1.36. The van der Waals surface area contributed by atoms with E-state index in [-0.39, 0.29) is 24.0 Å². The Labute approximate surface area is 165 Å². The highest BCUT2D eigenvalue weighted by Crippen LogP contribution is 2.39. The molecule has 0 aromatic heterocycles. The van der Waals surface area contributed by atoms with Crippen LogP contribution in [0.15, 0.2) is 18.2 Å². The van der Waals surface area contributed by atoms with E-state index in [2.05, 4.69) is 16.7 Å². The number of nitrogens with one attached hydrogen (secondary N) is 2. The van der Waals surface area contributed by atoms with E-state index in [1.807, 2.05) is 17.0 Å². The SMILES string of the molecule is C[C@@H](NC(=O)CCc1ccc2c(c1)[C@H]1C[C@@H](N2)[C@H](O)CO1)C(=O)N1CCCC1. The smallest absolute Gasteiger partial charge is 0.244 e. The molecule has 2 saturated heterocycles. The molecule has 0 spiro atoms. The van der Waals surface area contributed by atoms with E-state index in [4.69, 9.17) is 4.74 Å². The molecule has 1 aromatic rings. The average molecular weight is 387 g/mol. The highest BCUT2D eigenvalue weighted by molar-refractivity contribution is 5.87. The monoisotopic (exact) mass is 387 g/mol. The van der Waals surface area contributed by atoms with Crippen LogP contribution in [0.1, 0.15) is 49.8 Å². The minimum Gasteiger partial charge on any atom is -0.389 e. The summed E-state index contributed by atoms with van der Waals surface area (Å²) in [7, 11) is 0. The standard InChI is InChI=1S/C21H29N3O4/c1-13(21(27)24-8-2-3-9-24)22-20(26)7-5-14-4-6-16-15(10-14)19-11-17(23-16)18(25)12-28-19/h4,6,10,13,17-19,23,25H,2-3,5,7-9,11-12H2,1H3,(H,22,26)/t13-,17-,18-,19-/m1/s1. The van der Waals surface area contributed by atoms with Gasteiger partial charge in [0.15, 0.2) is 0 Å². The quantitative estimate of drug-likeness (QED) is 0.710. The Morgan fingerprint density at radius 1 is 1.36 bits per heavy atom. The lowest BCUT2D eigenvalue weighted by Crippen LogP contribution is -2.46. The first-order chi connectivity index (χ1) is 13.5.